The fourth-order valence-electron chi connectivity index (χ4n) is 3.96. The summed E-state index contributed by atoms with van der Waals surface area (Å²) in [7, 11) is 0. The maximum absolute atomic E-state index is 14.2. The van der Waals surface area contributed by atoms with Crippen LogP contribution in [0.4, 0.5) is 13.2 Å². The molecule has 1 atom stereocenters. The van der Waals surface area contributed by atoms with Crippen LogP contribution < -0.4 is 0 Å². The highest BCUT2D eigenvalue weighted by atomic mass is 19.3. The summed E-state index contributed by atoms with van der Waals surface area (Å²) < 4.78 is 48.1. The molecule has 9 nitrogen and oxygen atoms in total. The second kappa shape index (κ2) is 7.44. The van der Waals surface area contributed by atoms with Crippen molar-refractivity contribution in [2.75, 3.05) is 6.54 Å². The number of H-pyrrole nitrogens is 1. The van der Waals surface area contributed by atoms with E-state index in [2.05, 4.69) is 20.1 Å². The molecule has 5 heterocycles. The molecule has 0 saturated carbocycles. The Morgan fingerprint density at radius 2 is 2.15 bits per heavy atom. The molecule has 0 aliphatic carbocycles. The van der Waals surface area contributed by atoms with E-state index in [1.165, 1.54) is 37.2 Å². The minimum Gasteiger partial charge on any atom is -0.432 e. The van der Waals surface area contributed by atoms with E-state index >= 15 is 0 Å². The average molecular weight is 460 g/mol. The number of aromatic amines is 1. The summed E-state index contributed by atoms with van der Waals surface area (Å²) in [5, 5.41) is 14.5. The molecule has 4 aromatic heterocycles. The van der Waals surface area contributed by atoms with Crippen molar-refractivity contribution in [3.8, 4) is 0 Å². The van der Waals surface area contributed by atoms with Crippen molar-refractivity contribution in [1.82, 2.24) is 29.5 Å². The Morgan fingerprint density at radius 3 is 2.85 bits per heavy atom. The van der Waals surface area contributed by atoms with E-state index in [1.54, 1.807) is 12.1 Å². The van der Waals surface area contributed by atoms with E-state index in [1.807, 2.05) is 0 Å². The SMILES string of the molecule is CC(C)(O)c1nc(C(F)F)c(C(=O)N2CCc3[nH]cnc3[C@@H]2c2cc3cccc(F)n3n2)o1. The van der Waals surface area contributed by atoms with Crippen LogP contribution >= 0.6 is 0 Å². The molecule has 0 fully saturated rings. The Labute approximate surface area is 184 Å². The Kier molecular flexibility index (Phi) is 4.78. The van der Waals surface area contributed by atoms with Gasteiger partial charge in [0.05, 0.1) is 23.2 Å². The van der Waals surface area contributed by atoms with E-state index in [9.17, 15) is 23.1 Å². The molecule has 0 radical (unpaired) electrons. The smallest absolute Gasteiger partial charge is 0.292 e. The Hall–Kier alpha value is -3.67. The first kappa shape index (κ1) is 21.2. The molecular weight excluding hydrogens is 441 g/mol. The summed E-state index contributed by atoms with van der Waals surface area (Å²) in [5.41, 5.74) is -0.535. The molecule has 5 rings (SSSR count). The molecule has 1 aliphatic rings. The van der Waals surface area contributed by atoms with Crippen LogP contribution in [-0.2, 0) is 12.0 Å². The molecule has 33 heavy (non-hydrogen) atoms. The minimum atomic E-state index is -3.10. The van der Waals surface area contributed by atoms with E-state index in [0.29, 0.717) is 23.3 Å². The Bertz CT molecular complexity index is 1350. The number of rotatable bonds is 4. The number of amides is 1. The van der Waals surface area contributed by atoms with E-state index in [-0.39, 0.29) is 6.54 Å². The van der Waals surface area contributed by atoms with Crippen LogP contribution in [0.1, 0.15) is 65.5 Å². The van der Waals surface area contributed by atoms with Gasteiger partial charge in [-0.25, -0.2) is 23.3 Å². The number of imidazole rings is 1. The van der Waals surface area contributed by atoms with Gasteiger partial charge in [-0.1, -0.05) is 6.07 Å². The monoisotopic (exact) mass is 460 g/mol. The third kappa shape index (κ3) is 3.46. The Balaban J connectivity index is 1.63. The third-order valence-electron chi connectivity index (χ3n) is 5.50. The number of fused-ring (bicyclic) bond motifs is 2. The van der Waals surface area contributed by atoms with Crippen molar-refractivity contribution >= 4 is 11.4 Å². The summed E-state index contributed by atoms with van der Waals surface area (Å²) >= 11 is 0. The van der Waals surface area contributed by atoms with Crippen LogP contribution in [0.3, 0.4) is 0 Å². The molecule has 0 saturated heterocycles. The molecule has 0 aromatic carbocycles. The van der Waals surface area contributed by atoms with Crippen molar-refractivity contribution in [3.05, 3.63) is 71.0 Å². The lowest BCUT2D eigenvalue weighted by atomic mass is 9.99. The van der Waals surface area contributed by atoms with Gasteiger partial charge < -0.3 is 19.4 Å². The van der Waals surface area contributed by atoms with Gasteiger partial charge in [0.1, 0.15) is 11.6 Å². The lowest BCUT2D eigenvalue weighted by Crippen LogP contribution is -2.41. The van der Waals surface area contributed by atoms with Crippen LogP contribution in [0.15, 0.2) is 35.0 Å². The number of alkyl halides is 2. The number of carbonyl (C=O) groups is 1. The first-order chi connectivity index (χ1) is 15.6. The van der Waals surface area contributed by atoms with Crippen LogP contribution in [-0.4, -0.2) is 47.0 Å². The molecule has 4 aromatic rings. The number of nitrogens with one attached hydrogen (secondary N) is 1. The highest BCUT2D eigenvalue weighted by molar-refractivity contribution is 5.93. The molecule has 0 spiro atoms. The van der Waals surface area contributed by atoms with Crippen LogP contribution in [0.25, 0.3) is 5.52 Å². The standard InChI is InChI=1S/C21H19F3N6O3/c1-21(2,32)20-27-15(18(23)24)17(33-20)19(31)29-7-6-11-14(26-9-25-11)16(29)12-8-10-4-3-5-13(22)30(10)28-12/h3-5,8-9,16,18,32H,6-7H2,1-2H3,(H,25,26)/t16-/m0/s1. The van der Waals surface area contributed by atoms with Crippen molar-refractivity contribution in [3.63, 3.8) is 0 Å². The van der Waals surface area contributed by atoms with Gasteiger partial charge in [-0.3, -0.25) is 4.79 Å². The van der Waals surface area contributed by atoms with Gasteiger partial charge in [0.25, 0.3) is 12.3 Å². The zero-order chi connectivity index (χ0) is 23.5. The number of hydrogen-bond donors (Lipinski definition) is 2. The van der Waals surface area contributed by atoms with Crippen molar-refractivity contribution in [2.45, 2.75) is 38.3 Å². The number of oxazole rings is 1. The number of aliphatic hydroxyl groups is 1. The second-order valence-electron chi connectivity index (χ2n) is 8.26. The fraction of sp³-hybridized carbons (Fsp3) is 0.333. The first-order valence-electron chi connectivity index (χ1n) is 10.1. The van der Waals surface area contributed by atoms with Crippen molar-refractivity contribution < 1.29 is 27.5 Å². The van der Waals surface area contributed by atoms with Crippen LogP contribution in [0, 0.1) is 5.95 Å². The molecule has 2 N–H and O–H groups in total. The first-order valence-corrected chi connectivity index (χ1v) is 10.1. The van der Waals surface area contributed by atoms with Gasteiger partial charge >= 0.3 is 0 Å². The van der Waals surface area contributed by atoms with Gasteiger partial charge in [0, 0.05) is 18.7 Å². The number of pyridine rings is 1. The zero-order valence-corrected chi connectivity index (χ0v) is 17.6. The van der Waals surface area contributed by atoms with Crippen LogP contribution in [0.2, 0.25) is 0 Å². The molecule has 172 valence electrons. The lowest BCUT2D eigenvalue weighted by molar-refractivity contribution is 0.0440. The zero-order valence-electron chi connectivity index (χ0n) is 17.6. The van der Waals surface area contributed by atoms with E-state index < -0.39 is 47.3 Å². The fourth-order valence-corrected chi connectivity index (χ4v) is 3.96. The number of hydrogen-bond acceptors (Lipinski definition) is 6. The second-order valence-corrected chi connectivity index (χ2v) is 8.26. The maximum Gasteiger partial charge on any atom is 0.292 e. The van der Waals surface area contributed by atoms with E-state index in [0.717, 1.165) is 10.2 Å². The average Bonchev–Trinajstić information content (AvgIpc) is 3.49. The predicted octanol–water partition coefficient (Wildman–Crippen LogP) is 3.14. The highest BCUT2D eigenvalue weighted by Gasteiger charge is 2.40. The minimum absolute atomic E-state index is 0.135. The molecule has 12 heteroatoms. The molecule has 0 bridgehead atoms. The summed E-state index contributed by atoms with van der Waals surface area (Å²) in [6.07, 6.45) is -1.25. The normalized spacial score (nSPS) is 16.6. The van der Waals surface area contributed by atoms with Gasteiger partial charge in [-0.05, 0) is 32.0 Å². The topological polar surface area (TPSA) is 113 Å². The van der Waals surface area contributed by atoms with Crippen molar-refractivity contribution in [1.29, 1.82) is 0 Å². The molecule has 1 aliphatic heterocycles. The highest BCUT2D eigenvalue weighted by Crippen LogP contribution is 2.36. The van der Waals surface area contributed by atoms with Crippen molar-refractivity contribution in [2.24, 2.45) is 0 Å². The number of carbonyl (C=O) groups excluding carboxylic acids is 1. The summed E-state index contributed by atoms with van der Waals surface area (Å²) in [4.78, 5) is 25.8. The summed E-state index contributed by atoms with van der Waals surface area (Å²) in [6, 6.07) is 5.15. The predicted molar refractivity (Wildman–Crippen MR) is 107 cm³/mol. The largest absolute Gasteiger partial charge is 0.432 e. The van der Waals surface area contributed by atoms with Gasteiger partial charge in [-0.15, -0.1) is 0 Å². The lowest BCUT2D eigenvalue weighted by Gasteiger charge is -2.33. The van der Waals surface area contributed by atoms with Crippen LogP contribution in [0.5, 0.6) is 0 Å². The molecule has 0 unspecified atom stereocenters. The maximum atomic E-state index is 14.2. The third-order valence-corrected chi connectivity index (χ3v) is 5.50. The summed E-state index contributed by atoms with van der Waals surface area (Å²) in [5.74, 6) is -2.52. The summed E-state index contributed by atoms with van der Waals surface area (Å²) in [6.45, 7) is 2.76. The number of aromatic nitrogens is 5. The van der Waals surface area contributed by atoms with Gasteiger partial charge in [0.15, 0.2) is 5.69 Å². The Morgan fingerprint density at radius 1 is 1.36 bits per heavy atom. The van der Waals surface area contributed by atoms with E-state index in [4.69, 9.17) is 4.42 Å². The molecule has 1 amide bonds. The van der Waals surface area contributed by atoms with Gasteiger partial charge in [-0.2, -0.15) is 9.49 Å². The number of nitrogens with zero attached hydrogens (tertiary/aromatic N) is 5. The van der Waals surface area contributed by atoms with Gasteiger partial charge in [0.2, 0.25) is 17.6 Å². The quantitative estimate of drug-likeness (QED) is 0.453. The molecular formula is C21H19F3N6O3. The number of halogens is 3.